The highest BCUT2D eigenvalue weighted by molar-refractivity contribution is 6.18. The zero-order valence-corrected chi connectivity index (χ0v) is 54.9. The third-order valence-electron chi connectivity index (χ3n) is 19.0. The first kappa shape index (κ1) is 73.0. The van der Waals surface area contributed by atoms with E-state index in [2.05, 4.69) is 13.8 Å². The zero-order valence-electron chi connectivity index (χ0n) is 54.9. The highest BCUT2D eigenvalue weighted by Gasteiger charge is 2.40. The molecule has 2 aromatic carbocycles. The number of Topliss-reactive ketones (excluding diaryl/α,β-unsaturated/α-hetero) is 4. The zero-order chi connectivity index (χ0) is 64.6. The van der Waals surface area contributed by atoms with Crippen molar-refractivity contribution in [2.45, 2.75) is 309 Å². The third-order valence-corrected chi connectivity index (χ3v) is 19.0. The SMILES string of the molecule is CCCCCCC(OC(=O)C1CCCCC1)C(=O)c1cccc(C(=O)OOC(=O)c2cccc(C(=O)C(CCCCCC)OC(=O)C3CCCCC3)c2C(=O)C(CCCCCC)OC(=O)C2CCCCC2)c1C(=O)C(CCCCCC)OC(=O)C1CCCCC1. The number of hydrogen-bond acceptors (Lipinski definition) is 16. The van der Waals surface area contributed by atoms with Gasteiger partial charge < -0.3 is 18.9 Å². The molecule has 0 radical (unpaired) electrons. The molecule has 16 nitrogen and oxygen atoms in total. The summed E-state index contributed by atoms with van der Waals surface area (Å²) in [6.07, 6.45) is 22.1. The summed E-state index contributed by atoms with van der Waals surface area (Å²) in [5, 5.41) is 0. The number of carbonyl (C=O) groups is 10. The molecule has 4 saturated carbocycles. The minimum atomic E-state index is -1.44. The maximum atomic E-state index is 15.5. The summed E-state index contributed by atoms with van der Waals surface area (Å²) in [5.74, 6) is -9.82. The number of esters is 4. The molecule has 16 heteroatoms. The van der Waals surface area contributed by atoms with Crippen LogP contribution in [0.3, 0.4) is 0 Å². The predicted octanol–water partition coefficient (Wildman–Crippen LogP) is 17.2. The average molecular weight is 1250 g/mol. The second-order valence-corrected chi connectivity index (χ2v) is 26.1. The molecule has 4 aliphatic rings. The van der Waals surface area contributed by atoms with Crippen LogP contribution in [0.25, 0.3) is 0 Å². The van der Waals surface area contributed by atoms with E-state index in [1.165, 1.54) is 36.4 Å². The van der Waals surface area contributed by atoms with Crippen LogP contribution in [0.4, 0.5) is 0 Å². The van der Waals surface area contributed by atoms with Crippen LogP contribution < -0.4 is 0 Å². The monoisotopic (exact) mass is 1250 g/mol. The van der Waals surface area contributed by atoms with Gasteiger partial charge in [-0.2, -0.15) is 0 Å². The van der Waals surface area contributed by atoms with Crippen LogP contribution in [0, 0.1) is 23.7 Å². The second-order valence-electron chi connectivity index (χ2n) is 26.1. The maximum Gasteiger partial charge on any atom is 0.387 e. The van der Waals surface area contributed by atoms with E-state index in [1.54, 1.807) is 0 Å². The molecule has 0 aliphatic heterocycles. The summed E-state index contributed by atoms with van der Waals surface area (Å²) in [5.41, 5.74) is -2.50. The summed E-state index contributed by atoms with van der Waals surface area (Å²) in [6.45, 7) is 8.18. The van der Waals surface area contributed by atoms with E-state index in [1.807, 2.05) is 13.8 Å². The van der Waals surface area contributed by atoms with Crippen LogP contribution in [0.5, 0.6) is 0 Å². The van der Waals surface area contributed by atoms with Crippen molar-refractivity contribution in [3.63, 3.8) is 0 Å². The Morgan fingerprint density at radius 2 is 0.544 bits per heavy atom. The first-order chi connectivity index (χ1) is 43.7. The Kier molecular flexibility index (Phi) is 32.5. The quantitative estimate of drug-likeness (QED) is 0.0152. The Balaban J connectivity index is 1.43. The minimum Gasteiger partial charge on any atom is -0.454 e. The number of ether oxygens (including phenoxy) is 4. The lowest BCUT2D eigenvalue weighted by Gasteiger charge is -2.26. The van der Waals surface area contributed by atoms with Crippen LogP contribution in [0.2, 0.25) is 0 Å². The van der Waals surface area contributed by atoms with Gasteiger partial charge in [-0.1, -0.05) is 206 Å². The Hall–Kier alpha value is -6.06. The van der Waals surface area contributed by atoms with Gasteiger partial charge in [0.1, 0.15) is 0 Å². The van der Waals surface area contributed by atoms with E-state index in [9.17, 15) is 28.8 Å². The molecule has 498 valence electrons. The lowest BCUT2D eigenvalue weighted by molar-refractivity contribution is -0.187. The standard InChI is InChI=1S/C74H106O16/c1-5-9-13-29-47-59(85-69(79)51-35-21-17-22-36-51)65(75)55-43-33-45-57(63(55)67(77)61(49-31-15-11-7-3)87-71(81)53-39-25-19-26-40-53)73(83)89-90-74(84)58-46-34-44-56(66(76)60(48-30-14-10-6-2)86-70(80)52-37-23-18-24-38-52)64(58)68(78)62(50-32-16-12-8-4)88-72(82)54-41-27-20-28-42-54/h33-34,43-46,51-54,59-62H,5-32,35-42,47-50H2,1-4H3. The molecule has 0 aromatic heterocycles. The van der Waals surface area contributed by atoms with Gasteiger partial charge in [0.15, 0.2) is 24.4 Å². The second kappa shape index (κ2) is 40.0. The normalized spacial score (nSPS) is 17.4. The third kappa shape index (κ3) is 22.4. The number of ketones is 4. The lowest BCUT2D eigenvalue weighted by Crippen LogP contribution is -2.36. The van der Waals surface area contributed by atoms with Gasteiger partial charge in [-0.25, -0.2) is 19.4 Å². The fourth-order valence-electron chi connectivity index (χ4n) is 13.5. The summed E-state index contributed by atoms with van der Waals surface area (Å²) < 4.78 is 24.5. The van der Waals surface area contributed by atoms with Gasteiger partial charge in [0.05, 0.1) is 34.8 Å². The average Bonchev–Trinajstić information content (AvgIpc) is 1.08. The molecule has 4 unspecified atom stereocenters. The molecule has 0 spiro atoms. The van der Waals surface area contributed by atoms with Crippen LogP contribution in [0.15, 0.2) is 36.4 Å². The smallest absolute Gasteiger partial charge is 0.387 e. The van der Waals surface area contributed by atoms with Gasteiger partial charge in [-0.15, -0.1) is 0 Å². The van der Waals surface area contributed by atoms with Crippen LogP contribution >= 0.6 is 0 Å². The number of carbonyl (C=O) groups excluding carboxylic acids is 10. The van der Waals surface area contributed by atoms with Crippen molar-refractivity contribution in [1.29, 1.82) is 0 Å². The molecule has 0 bridgehead atoms. The largest absolute Gasteiger partial charge is 0.454 e. The molecule has 4 fully saturated rings. The van der Waals surface area contributed by atoms with E-state index >= 15 is 19.2 Å². The van der Waals surface area contributed by atoms with E-state index in [4.69, 9.17) is 28.7 Å². The predicted molar refractivity (Wildman–Crippen MR) is 342 cm³/mol. The Morgan fingerprint density at radius 1 is 0.311 bits per heavy atom. The fourth-order valence-corrected chi connectivity index (χ4v) is 13.5. The number of unbranched alkanes of at least 4 members (excludes halogenated alkanes) is 12. The van der Waals surface area contributed by atoms with Crippen molar-refractivity contribution < 1.29 is 76.7 Å². The lowest BCUT2D eigenvalue weighted by atomic mass is 9.87. The van der Waals surface area contributed by atoms with Crippen LogP contribution in [0.1, 0.15) is 347 Å². The Labute approximate surface area is 535 Å². The van der Waals surface area contributed by atoms with Crippen molar-refractivity contribution in [1.82, 2.24) is 0 Å². The number of rotatable bonds is 38. The van der Waals surface area contributed by atoms with Crippen LogP contribution in [-0.2, 0) is 47.9 Å². The van der Waals surface area contributed by atoms with Crippen molar-refractivity contribution in [2.24, 2.45) is 23.7 Å². The molecule has 0 N–H and O–H groups in total. The molecular formula is C74H106O16. The van der Waals surface area contributed by atoms with E-state index in [0.717, 1.165) is 141 Å². The fraction of sp³-hybridized carbons (Fsp3) is 0.703. The van der Waals surface area contributed by atoms with Crippen molar-refractivity contribution in [2.75, 3.05) is 0 Å². The van der Waals surface area contributed by atoms with Crippen molar-refractivity contribution in [3.8, 4) is 0 Å². The maximum absolute atomic E-state index is 15.5. The van der Waals surface area contributed by atoms with Gasteiger partial charge in [0, 0.05) is 22.3 Å². The van der Waals surface area contributed by atoms with Crippen LogP contribution in [-0.4, -0.2) is 83.4 Å². The Morgan fingerprint density at radius 3 is 0.789 bits per heavy atom. The minimum absolute atomic E-state index is 0.0706. The number of hydrogen-bond donors (Lipinski definition) is 0. The molecule has 4 aliphatic carbocycles. The van der Waals surface area contributed by atoms with E-state index < -0.39 is 129 Å². The molecular weight excluding hydrogens is 1140 g/mol. The molecule has 2 aromatic rings. The van der Waals surface area contributed by atoms with Crippen molar-refractivity contribution >= 4 is 58.9 Å². The molecule has 90 heavy (non-hydrogen) atoms. The molecule has 4 atom stereocenters. The Bertz CT molecular complexity index is 2470. The van der Waals surface area contributed by atoms with E-state index in [-0.39, 0.29) is 36.8 Å². The van der Waals surface area contributed by atoms with Gasteiger partial charge in [-0.05, 0) is 115 Å². The molecule has 0 saturated heterocycles. The molecule has 0 amide bonds. The summed E-state index contributed by atoms with van der Waals surface area (Å²) in [4.78, 5) is 158. The first-order valence-electron chi connectivity index (χ1n) is 35.4. The highest BCUT2D eigenvalue weighted by Crippen LogP contribution is 2.34. The molecule has 0 heterocycles. The van der Waals surface area contributed by atoms with Gasteiger partial charge in [0.25, 0.3) is 0 Å². The van der Waals surface area contributed by atoms with Crippen molar-refractivity contribution in [3.05, 3.63) is 69.8 Å². The van der Waals surface area contributed by atoms with E-state index in [0.29, 0.717) is 89.9 Å². The van der Waals surface area contributed by atoms with Gasteiger partial charge in [0.2, 0.25) is 23.1 Å². The number of benzene rings is 2. The first-order valence-corrected chi connectivity index (χ1v) is 35.4. The van der Waals surface area contributed by atoms with Gasteiger partial charge in [-0.3, -0.25) is 38.4 Å². The topological polar surface area (TPSA) is 226 Å². The van der Waals surface area contributed by atoms with Gasteiger partial charge >= 0.3 is 35.8 Å². The summed E-state index contributed by atoms with van der Waals surface area (Å²) in [7, 11) is 0. The molecule has 6 rings (SSSR count). The summed E-state index contributed by atoms with van der Waals surface area (Å²) >= 11 is 0. The summed E-state index contributed by atoms with van der Waals surface area (Å²) in [6, 6.07) is 7.93. The highest BCUT2D eigenvalue weighted by atomic mass is 17.2.